The van der Waals surface area contributed by atoms with Gasteiger partial charge in [-0.1, -0.05) is 50.2 Å². The van der Waals surface area contributed by atoms with Crippen LogP contribution in [0.15, 0.2) is 72.8 Å². The molecule has 1 aromatic heterocycles. The van der Waals surface area contributed by atoms with E-state index in [1.165, 1.54) is 12.1 Å². The molecule has 0 aliphatic rings. The van der Waals surface area contributed by atoms with E-state index in [-0.39, 0.29) is 0 Å². The maximum Gasteiger partial charge on any atom is 0.199 e. The highest BCUT2D eigenvalue weighted by Gasteiger charge is 2.17. The predicted molar refractivity (Wildman–Crippen MR) is 114 cm³/mol. The van der Waals surface area contributed by atoms with E-state index >= 15 is 0 Å². The van der Waals surface area contributed by atoms with Crippen molar-refractivity contribution in [2.45, 2.75) is 20.5 Å². The number of rotatable bonds is 7. The Labute approximate surface area is 174 Å². The smallest absolute Gasteiger partial charge is 0.199 e. The Kier molecular flexibility index (Phi) is 5.70. The summed E-state index contributed by atoms with van der Waals surface area (Å²) in [5.74, 6) is -0.213. The van der Waals surface area contributed by atoms with E-state index in [1.54, 1.807) is 4.57 Å². The zero-order valence-electron chi connectivity index (χ0n) is 16.9. The molecule has 154 valence electrons. The summed E-state index contributed by atoms with van der Waals surface area (Å²) >= 11 is 0. The van der Waals surface area contributed by atoms with Gasteiger partial charge in [-0.2, -0.15) is 0 Å². The molecule has 0 saturated heterocycles. The summed E-state index contributed by atoms with van der Waals surface area (Å²) in [4.78, 5) is 0. The SMILES string of the molecule is CC(C)COc1cc2c(OCc3ccccc3)cccc2n1-c1ccc(F)c(F)c1. The van der Waals surface area contributed by atoms with Gasteiger partial charge in [-0.15, -0.1) is 0 Å². The summed E-state index contributed by atoms with van der Waals surface area (Å²) in [6, 6.07) is 21.3. The first-order chi connectivity index (χ1) is 14.5. The highest BCUT2D eigenvalue weighted by Crippen LogP contribution is 2.36. The van der Waals surface area contributed by atoms with Crippen LogP contribution in [0.4, 0.5) is 8.78 Å². The summed E-state index contributed by atoms with van der Waals surface area (Å²) in [6.07, 6.45) is 0. The van der Waals surface area contributed by atoms with Crippen molar-refractivity contribution in [3.8, 4) is 17.3 Å². The summed E-state index contributed by atoms with van der Waals surface area (Å²) < 4.78 is 41.3. The standard InChI is InChI=1S/C25H23F2NO2/c1-17(2)15-30-25-14-20-23(28(25)19-11-12-21(26)22(27)13-19)9-6-10-24(20)29-16-18-7-4-3-5-8-18/h3-14,17H,15-16H2,1-2H3. The van der Waals surface area contributed by atoms with Gasteiger partial charge in [0.1, 0.15) is 12.4 Å². The zero-order valence-corrected chi connectivity index (χ0v) is 16.9. The van der Waals surface area contributed by atoms with Gasteiger partial charge in [-0.05, 0) is 35.7 Å². The molecule has 0 unspecified atom stereocenters. The van der Waals surface area contributed by atoms with Gasteiger partial charge in [-0.25, -0.2) is 8.78 Å². The molecule has 0 bridgehead atoms. The first-order valence-corrected chi connectivity index (χ1v) is 9.92. The fourth-order valence-electron chi connectivity index (χ4n) is 3.29. The van der Waals surface area contributed by atoms with Crippen LogP contribution < -0.4 is 9.47 Å². The van der Waals surface area contributed by atoms with Crippen molar-refractivity contribution >= 4 is 10.9 Å². The monoisotopic (exact) mass is 407 g/mol. The van der Waals surface area contributed by atoms with Crippen LogP contribution in [0.25, 0.3) is 16.6 Å². The topological polar surface area (TPSA) is 23.4 Å². The van der Waals surface area contributed by atoms with E-state index < -0.39 is 11.6 Å². The maximum absolute atomic E-state index is 14.0. The first-order valence-electron chi connectivity index (χ1n) is 9.92. The molecule has 30 heavy (non-hydrogen) atoms. The molecule has 5 heteroatoms. The van der Waals surface area contributed by atoms with Gasteiger partial charge < -0.3 is 9.47 Å². The van der Waals surface area contributed by atoms with Crippen molar-refractivity contribution < 1.29 is 18.3 Å². The van der Waals surface area contributed by atoms with Crippen molar-refractivity contribution in [2.24, 2.45) is 5.92 Å². The van der Waals surface area contributed by atoms with E-state index in [9.17, 15) is 8.78 Å². The summed E-state index contributed by atoms with van der Waals surface area (Å²) in [5.41, 5.74) is 2.35. The number of hydrogen-bond donors (Lipinski definition) is 0. The lowest BCUT2D eigenvalue weighted by Crippen LogP contribution is -2.08. The minimum absolute atomic E-state index is 0.315. The fourth-order valence-corrected chi connectivity index (χ4v) is 3.29. The second-order valence-corrected chi connectivity index (χ2v) is 7.58. The Morgan fingerprint density at radius 1 is 0.833 bits per heavy atom. The number of hydrogen-bond acceptors (Lipinski definition) is 2. The van der Waals surface area contributed by atoms with Gasteiger partial charge in [-0.3, -0.25) is 4.57 Å². The Morgan fingerprint density at radius 2 is 1.63 bits per heavy atom. The van der Waals surface area contributed by atoms with Crippen LogP contribution >= 0.6 is 0 Å². The number of fused-ring (bicyclic) bond motifs is 1. The van der Waals surface area contributed by atoms with Crippen LogP contribution in [0.2, 0.25) is 0 Å². The van der Waals surface area contributed by atoms with Crippen LogP contribution in [0.3, 0.4) is 0 Å². The van der Waals surface area contributed by atoms with E-state index in [0.29, 0.717) is 36.4 Å². The highest BCUT2D eigenvalue weighted by molar-refractivity contribution is 5.90. The molecule has 0 spiro atoms. The third-order valence-electron chi connectivity index (χ3n) is 4.74. The summed E-state index contributed by atoms with van der Waals surface area (Å²) in [5, 5.41) is 0.844. The minimum atomic E-state index is -0.902. The van der Waals surface area contributed by atoms with Crippen molar-refractivity contribution in [2.75, 3.05) is 6.61 Å². The van der Waals surface area contributed by atoms with Crippen molar-refractivity contribution in [1.82, 2.24) is 4.57 Å². The number of halogens is 2. The summed E-state index contributed by atoms with van der Waals surface area (Å²) in [6.45, 7) is 5.04. The lowest BCUT2D eigenvalue weighted by molar-refractivity contribution is 0.258. The van der Waals surface area contributed by atoms with E-state index in [4.69, 9.17) is 9.47 Å². The Morgan fingerprint density at radius 3 is 2.37 bits per heavy atom. The van der Waals surface area contributed by atoms with Crippen LogP contribution in [0.1, 0.15) is 19.4 Å². The molecule has 3 aromatic carbocycles. The molecule has 4 aromatic rings. The van der Waals surface area contributed by atoms with Gasteiger partial charge in [0.2, 0.25) is 0 Å². The second-order valence-electron chi connectivity index (χ2n) is 7.58. The first kappa shape index (κ1) is 20.0. The van der Waals surface area contributed by atoms with Gasteiger partial charge in [0.15, 0.2) is 17.5 Å². The van der Waals surface area contributed by atoms with Crippen LogP contribution in [0.5, 0.6) is 11.6 Å². The predicted octanol–water partition coefficient (Wildman–Crippen LogP) is 6.52. The quantitative estimate of drug-likeness (QED) is 0.348. The van der Waals surface area contributed by atoms with Crippen LogP contribution in [0, 0.1) is 17.6 Å². The normalized spacial score (nSPS) is 11.2. The lowest BCUT2D eigenvalue weighted by atomic mass is 10.2. The van der Waals surface area contributed by atoms with Crippen LogP contribution in [-0.4, -0.2) is 11.2 Å². The van der Waals surface area contributed by atoms with Crippen LogP contribution in [-0.2, 0) is 6.61 Å². The van der Waals surface area contributed by atoms with Gasteiger partial charge in [0, 0.05) is 17.5 Å². The van der Waals surface area contributed by atoms with Crippen molar-refractivity contribution in [3.63, 3.8) is 0 Å². The molecule has 0 N–H and O–H groups in total. The van der Waals surface area contributed by atoms with Gasteiger partial charge in [0.05, 0.1) is 17.8 Å². The Balaban J connectivity index is 1.78. The molecule has 4 rings (SSSR count). The lowest BCUT2D eigenvalue weighted by Gasteiger charge is -2.14. The summed E-state index contributed by atoms with van der Waals surface area (Å²) in [7, 11) is 0. The largest absolute Gasteiger partial charge is 0.488 e. The fraction of sp³-hybridized carbons (Fsp3) is 0.200. The second kappa shape index (κ2) is 8.57. The molecule has 0 saturated carbocycles. The average Bonchev–Trinajstić information content (AvgIpc) is 3.12. The maximum atomic E-state index is 14.0. The molecule has 0 aliphatic heterocycles. The highest BCUT2D eigenvalue weighted by atomic mass is 19.2. The number of aromatic nitrogens is 1. The molecule has 0 radical (unpaired) electrons. The number of ether oxygens (including phenoxy) is 2. The van der Waals surface area contributed by atoms with E-state index in [1.807, 2.05) is 54.6 Å². The molecule has 0 aliphatic carbocycles. The third-order valence-corrected chi connectivity index (χ3v) is 4.74. The molecule has 0 amide bonds. The minimum Gasteiger partial charge on any atom is -0.488 e. The molecule has 0 fully saturated rings. The molecular formula is C25H23F2NO2. The van der Waals surface area contributed by atoms with Gasteiger partial charge >= 0.3 is 0 Å². The average molecular weight is 407 g/mol. The molecule has 3 nitrogen and oxygen atoms in total. The molecule has 1 heterocycles. The van der Waals surface area contributed by atoms with Gasteiger partial charge in [0.25, 0.3) is 0 Å². The van der Waals surface area contributed by atoms with E-state index in [0.717, 1.165) is 22.5 Å². The third kappa shape index (κ3) is 4.15. The number of benzene rings is 3. The molecular weight excluding hydrogens is 384 g/mol. The molecule has 0 atom stereocenters. The van der Waals surface area contributed by atoms with E-state index in [2.05, 4.69) is 13.8 Å². The number of nitrogens with zero attached hydrogens (tertiary/aromatic N) is 1. The Hall–Kier alpha value is -3.34. The van der Waals surface area contributed by atoms with Crippen molar-refractivity contribution in [1.29, 1.82) is 0 Å². The zero-order chi connectivity index (χ0) is 21.1. The van der Waals surface area contributed by atoms with Crippen molar-refractivity contribution in [3.05, 3.63) is 90.0 Å². The Bertz CT molecular complexity index is 1150.